The van der Waals surface area contributed by atoms with Crippen LogP contribution in [0.2, 0.25) is 4.34 Å². The first-order valence-corrected chi connectivity index (χ1v) is 14.4. The smallest absolute Gasteiger partial charge is 0.241 e. The number of hydroxylamine groups is 2. The van der Waals surface area contributed by atoms with Crippen LogP contribution < -0.4 is 10.5 Å². The van der Waals surface area contributed by atoms with Crippen molar-refractivity contribution in [1.82, 2.24) is 9.96 Å². The standard InChI is InChI=1S/C29H32ClN3O4S/c30-26-12-11-25(38-26)19-5-10-23-20(15-19)17-36-33(27(23)29(31)35)24(16-32-13-1-2-14-32)28(34)18-3-6-21(7-4-18)37-22-8-9-22/h3-7,10-12,15,22,24,27-28,34H,1-2,8-9,13-14,16-17H2,(H2,31,35)/t24-,27?,28-/m1/s1. The maximum absolute atomic E-state index is 12.9. The summed E-state index contributed by atoms with van der Waals surface area (Å²) < 4.78 is 6.61. The third kappa shape index (κ3) is 5.47. The molecule has 2 aliphatic heterocycles. The van der Waals surface area contributed by atoms with Gasteiger partial charge in [-0.1, -0.05) is 35.9 Å². The summed E-state index contributed by atoms with van der Waals surface area (Å²) in [7, 11) is 0. The van der Waals surface area contributed by atoms with Gasteiger partial charge in [-0.3, -0.25) is 9.63 Å². The van der Waals surface area contributed by atoms with E-state index in [0.717, 1.165) is 76.0 Å². The second-order valence-corrected chi connectivity index (χ2v) is 12.1. The van der Waals surface area contributed by atoms with E-state index in [9.17, 15) is 9.90 Å². The van der Waals surface area contributed by atoms with Gasteiger partial charge >= 0.3 is 0 Å². The van der Waals surface area contributed by atoms with Crippen LogP contribution in [0.5, 0.6) is 5.75 Å². The number of carbonyl (C=O) groups is 1. The van der Waals surface area contributed by atoms with Gasteiger partial charge in [0.05, 0.1) is 29.2 Å². The van der Waals surface area contributed by atoms with Gasteiger partial charge in [-0.25, -0.2) is 0 Å². The average molecular weight is 554 g/mol. The number of carbonyl (C=O) groups excluding carboxylic acids is 1. The molecule has 0 bridgehead atoms. The van der Waals surface area contributed by atoms with Crippen molar-refractivity contribution in [2.75, 3.05) is 19.6 Å². The number of rotatable bonds is 9. The van der Waals surface area contributed by atoms with Crippen molar-refractivity contribution in [1.29, 1.82) is 0 Å². The first-order valence-electron chi connectivity index (χ1n) is 13.2. The Hall–Kier alpha value is -2.46. The molecule has 7 nitrogen and oxygen atoms in total. The summed E-state index contributed by atoms with van der Waals surface area (Å²) >= 11 is 7.65. The molecule has 1 aliphatic carbocycles. The van der Waals surface area contributed by atoms with Gasteiger partial charge in [0.1, 0.15) is 11.8 Å². The van der Waals surface area contributed by atoms with Crippen LogP contribution in [0.4, 0.5) is 0 Å². The first-order chi connectivity index (χ1) is 18.5. The van der Waals surface area contributed by atoms with E-state index in [1.807, 2.05) is 54.6 Å². The maximum Gasteiger partial charge on any atom is 0.241 e. The molecule has 1 unspecified atom stereocenters. The van der Waals surface area contributed by atoms with Gasteiger partial charge in [-0.05, 0) is 91.4 Å². The van der Waals surface area contributed by atoms with Crippen molar-refractivity contribution in [3.8, 4) is 16.2 Å². The number of hydrogen-bond donors (Lipinski definition) is 2. The summed E-state index contributed by atoms with van der Waals surface area (Å²) in [4.78, 5) is 22.6. The van der Waals surface area contributed by atoms with Crippen molar-refractivity contribution >= 4 is 28.8 Å². The van der Waals surface area contributed by atoms with Crippen molar-refractivity contribution in [3.63, 3.8) is 0 Å². The zero-order valence-corrected chi connectivity index (χ0v) is 22.7. The van der Waals surface area contributed by atoms with Gasteiger partial charge in [0.15, 0.2) is 0 Å². The molecule has 3 aromatic rings. The lowest BCUT2D eigenvalue weighted by molar-refractivity contribution is -0.249. The van der Waals surface area contributed by atoms with Crippen LogP contribution in [0.3, 0.4) is 0 Å². The van der Waals surface area contributed by atoms with E-state index < -0.39 is 24.1 Å². The molecule has 1 aromatic heterocycles. The van der Waals surface area contributed by atoms with Crippen LogP contribution in [0.25, 0.3) is 10.4 Å². The van der Waals surface area contributed by atoms with E-state index in [0.29, 0.717) is 12.6 Å². The van der Waals surface area contributed by atoms with E-state index in [4.69, 9.17) is 26.9 Å². The van der Waals surface area contributed by atoms with Crippen LogP contribution in [0, 0.1) is 0 Å². The van der Waals surface area contributed by atoms with E-state index in [2.05, 4.69) is 4.90 Å². The summed E-state index contributed by atoms with van der Waals surface area (Å²) in [6.07, 6.45) is 3.84. The highest BCUT2D eigenvalue weighted by atomic mass is 35.5. The molecule has 6 rings (SSSR count). The number of halogens is 1. The minimum atomic E-state index is -0.887. The first kappa shape index (κ1) is 25.8. The molecule has 3 atom stereocenters. The van der Waals surface area contributed by atoms with Gasteiger partial charge in [0.2, 0.25) is 5.91 Å². The molecule has 38 heavy (non-hydrogen) atoms. The molecule has 0 radical (unpaired) electrons. The molecule has 2 fully saturated rings. The minimum Gasteiger partial charge on any atom is -0.490 e. The van der Waals surface area contributed by atoms with Crippen LogP contribution in [0.15, 0.2) is 54.6 Å². The molecule has 3 aliphatic rings. The van der Waals surface area contributed by atoms with Crippen molar-refractivity contribution in [3.05, 3.63) is 75.6 Å². The highest BCUT2D eigenvalue weighted by Gasteiger charge is 2.41. The van der Waals surface area contributed by atoms with Crippen LogP contribution in [-0.4, -0.2) is 52.8 Å². The number of likely N-dealkylation sites (tertiary alicyclic amines) is 1. The highest BCUT2D eigenvalue weighted by Crippen LogP contribution is 2.39. The quantitative estimate of drug-likeness (QED) is 0.384. The summed E-state index contributed by atoms with van der Waals surface area (Å²) in [6.45, 7) is 2.75. The van der Waals surface area contributed by atoms with Crippen molar-refractivity contribution < 1.29 is 19.5 Å². The summed E-state index contributed by atoms with van der Waals surface area (Å²) in [5.41, 5.74) is 9.47. The molecule has 2 aromatic carbocycles. The zero-order chi connectivity index (χ0) is 26.2. The fraction of sp³-hybridized carbons (Fsp3) is 0.414. The molecule has 200 valence electrons. The van der Waals surface area contributed by atoms with E-state index >= 15 is 0 Å². The fourth-order valence-corrected chi connectivity index (χ4v) is 6.47. The van der Waals surface area contributed by atoms with Gasteiger partial charge in [0, 0.05) is 11.4 Å². The number of nitrogens with zero attached hydrogens (tertiary/aromatic N) is 2. The normalized spacial score (nSPS) is 21.7. The van der Waals surface area contributed by atoms with Crippen molar-refractivity contribution in [2.45, 2.75) is 56.6 Å². The Balaban J connectivity index is 1.30. The number of amides is 1. The lowest BCUT2D eigenvalue weighted by atomic mass is 9.93. The van der Waals surface area contributed by atoms with Crippen LogP contribution >= 0.6 is 22.9 Å². The minimum absolute atomic E-state index is 0.281. The van der Waals surface area contributed by atoms with E-state index in [1.165, 1.54) is 11.3 Å². The maximum atomic E-state index is 12.9. The zero-order valence-electron chi connectivity index (χ0n) is 21.1. The SMILES string of the molecule is NC(=O)C1c2ccc(-c3ccc(Cl)s3)cc2CON1[C@H](CN1CCCC1)[C@H](O)c1ccc(OC2CC2)cc1. The number of nitrogens with two attached hydrogens (primary N) is 1. The van der Waals surface area contributed by atoms with Crippen LogP contribution in [-0.2, 0) is 16.2 Å². The predicted molar refractivity (Wildman–Crippen MR) is 148 cm³/mol. The number of fused-ring (bicyclic) bond motifs is 1. The largest absolute Gasteiger partial charge is 0.490 e. The molecule has 3 heterocycles. The molecule has 9 heteroatoms. The number of thiophene rings is 1. The molecule has 1 amide bonds. The lowest BCUT2D eigenvalue weighted by Crippen LogP contribution is -2.52. The van der Waals surface area contributed by atoms with Crippen molar-refractivity contribution in [2.24, 2.45) is 5.73 Å². The average Bonchev–Trinajstić information content (AvgIpc) is 3.38. The Labute approximate surface area is 231 Å². The Kier molecular flexibility index (Phi) is 7.44. The Morgan fingerprint density at radius 3 is 2.55 bits per heavy atom. The highest BCUT2D eigenvalue weighted by molar-refractivity contribution is 7.19. The number of aliphatic hydroxyl groups excluding tert-OH is 1. The lowest BCUT2D eigenvalue weighted by Gasteiger charge is -2.42. The third-order valence-corrected chi connectivity index (χ3v) is 8.85. The predicted octanol–water partition coefficient (Wildman–Crippen LogP) is 5.08. The monoisotopic (exact) mass is 553 g/mol. The second-order valence-electron chi connectivity index (χ2n) is 10.4. The molecule has 1 saturated heterocycles. The van der Waals surface area contributed by atoms with E-state index in [1.54, 1.807) is 5.06 Å². The summed E-state index contributed by atoms with van der Waals surface area (Å²) in [5.74, 6) is 0.296. The third-order valence-electron chi connectivity index (χ3n) is 7.57. The molecule has 0 spiro atoms. The fourth-order valence-electron chi connectivity index (χ4n) is 5.44. The van der Waals surface area contributed by atoms with E-state index in [-0.39, 0.29) is 6.61 Å². The van der Waals surface area contributed by atoms with Crippen LogP contribution in [0.1, 0.15) is 54.5 Å². The number of ether oxygens (including phenoxy) is 1. The number of aliphatic hydroxyl groups is 1. The van der Waals surface area contributed by atoms with Gasteiger partial charge < -0.3 is 20.5 Å². The number of hydrogen-bond acceptors (Lipinski definition) is 7. The number of benzene rings is 2. The summed E-state index contributed by atoms with van der Waals surface area (Å²) in [5, 5.41) is 13.3. The van der Waals surface area contributed by atoms with Gasteiger partial charge in [-0.15, -0.1) is 11.3 Å². The second kappa shape index (κ2) is 11.0. The molecular weight excluding hydrogens is 522 g/mol. The van der Waals surface area contributed by atoms with Gasteiger partial charge in [-0.2, -0.15) is 5.06 Å². The molecule has 3 N–H and O–H groups in total. The topological polar surface area (TPSA) is 88.3 Å². The molecular formula is C29H32ClN3O4S. The Morgan fingerprint density at radius 2 is 1.89 bits per heavy atom. The van der Waals surface area contributed by atoms with Gasteiger partial charge in [0.25, 0.3) is 0 Å². The summed E-state index contributed by atoms with van der Waals surface area (Å²) in [6, 6.07) is 16.1. The Morgan fingerprint density at radius 1 is 1.13 bits per heavy atom. The number of primary amides is 1. The Bertz CT molecular complexity index is 1290. The molecule has 1 saturated carbocycles.